The summed E-state index contributed by atoms with van der Waals surface area (Å²) in [6, 6.07) is 13.9. The third-order valence-corrected chi connectivity index (χ3v) is 3.58. The quantitative estimate of drug-likeness (QED) is 0.871. The molecule has 2 aromatic carbocycles. The molecule has 0 aliphatic heterocycles. The zero-order valence-electron chi connectivity index (χ0n) is 11.7. The van der Waals surface area contributed by atoms with Gasteiger partial charge in [-0.1, -0.05) is 24.3 Å². The molecule has 20 heavy (non-hydrogen) atoms. The molecule has 0 saturated carbocycles. The lowest BCUT2D eigenvalue weighted by molar-refractivity contribution is 0.300. The molecule has 1 N–H and O–H groups in total. The van der Waals surface area contributed by atoms with Crippen LogP contribution in [0.2, 0.25) is 0 Å². The molecule has 0 radical (unpaired) electrons. The van der Waals surface area contributed by atoms with Gasteiger partial charge in [-0.05, 0) is 46.7 Å². The van der Waals surface area contributed by atoms with Crippen LogP contribution in [-0.2, 0) is 13.2 Å². The molecular weight excluding hydrogens is 318 g/mol. The third-order valence-electron chi connectivity index (χ3n) is 2.96. The molecule has 4 heteroatoms. The molecule has 0 atom stereocenters. The molecular formula is C16H18BrNO2. The van der Waals surface area contributed by atoms with Crippen molar-refractivity contribution < 1.29 is 9.47 Å². The monoisotopic (exact) mass is 335 g/mol. The summed E-state index contributed by atoms with van der Waals surface area (Å²) in [7, 11) is 3.59. The van der Waals surface area contributed by atoms with Gasteiger partial charge in [0.05, 0.1) is 11.6 Å². The molecule has 0 aliphatic carbocycles. The summed E-state index contributed by atoms with van der Waals surface area (Å²) in [5, 5.41) is 3.15. The second kappa shape index (κ2) is 7.31. The highest BCUT2D eigenvalue weighted by atomic mass is 79.9. The fourth-order valence-corrected chi connectivity index (χ4v) is 2.44. The van der Waals surface area contributed by atoms with Crippen LogP contribution in [0.4, 0.5) is 0 Å². The highest BCUT2D eigenvalue weighted by Gasteiger charge is 2.07. The van der Waals surface area contributed by atoms with Gasteiger partial charge in [-0.15, -0.1) is 0 Å². The number of methoxy groups -OCH3 is 1. The van der Waals surface area contributed by atoms with Crippen LogP contribution >= 0.6 is 15.9 Å². The minimum absolute atomic E-state index is 0.531. The summed E-state index contributed by atoms with van der Waals surface area (Å²) < 4.78 is 12.1. The van der Waals surface area contributed by atoms with E-state index in [2.05, 4.69) is 27.3 Å². The van der Waals surface area contributed by atoms with Crippen molar-refractivity contribution in [1.29, 1.82) is 0 Å². The van der Waals surface area contributed by atoms with Crippen LogP contribution in [0.3, 0.4) is 0 Å². The molecule has 0 unspecified atom stereocenters. The minimum Gasteiger partial charge on any atom is -0.497 e. The average Bonchev–Trinajstić information content (AvgIpc) is 2.47. The number of benzene rings is 2. The van der Waals surface area contributed by atoms with Gasteiger partial charge in [0.25, 0.3) is 0 Å². The molecule has 3 nitrogen and oxygen atoms in total. The standard InChI is InChI=1S/C16H18BrNO2/c1-18-10-13-4-3-5-15(17)16(13)20-11-12-6-8-14(19-2)9-7-12/h3-9,18H,10-11H2,1-2H3. The fraction of sp³-hybridized carbons (Fsp3) is 0.250. The van der Waals surface area contributed by atoms with E-state index in [4.69, 9.17) is 9.47 Å². The first-order chi connectivity index (χ1) is 9.74. The van der Waals surface area contributed by atoms with Crippen LogP contribution < -0.4 is 14.8 Å². The SMILES string of the molecule is CNCc1cccc(Br)c1OCc1ccc(OC)cc1. The Bertz CT molecular complexity index is 555. The molecule has 0 spiro atoms. The van der Waals surface area contributed by atoms with Crippen LogP contribution in [0.25, 0.3) is 0 Å². The van der Waals surface area contributed by atoms with Crippen molar-refractivity contribution in [2.75, 3.05) is 14.2 Å². The topological polar surface area (TPSA) is 30.5 Å². The first kappa shape index (κ1) is 14.9. The summed E-state index contributed by atoms with van der Waals surface area (Å²) in [4.78, 5) is 0. The lowest BCUT2D eigenvalue weighted by Crippen LogP contribution is -2.08. The maximum atomic E-state index is 5.95. The number of rotatable bonds is 6. The molecule has 0 amide bonds. The van der Waals surface area contributed by atoms with Crippen molar-refractivity contribution in [3.8, 4) is 11.5 Å². The third kappa shape index (κ3) is 3.74. The Morgan fingerprint density at radius 1 is 1.10 bits per heavy atom. The van der Waals surface area contributed by atoms with Gasteiger partial charge in [0, 0.05) is 12.1 Å². The van der Waals surface area contributed by atoms with Gasteiger partial charge in [0.15, 0.2) is 0 Å². The van der Waals surface area contributed by atoms with E-state index in [0.29, 0.717) is 6.61 Å². The Labute approximate surface area is 128 Å². The van der Waals surface area contributed by atoms with Crippen LogP contribution in [0.5, 0.6) is 11.5 Å². The molecule has 2 rings (SSSR count). The molecule has 0 aromatic heterocycles. The van der Waals surface area contributed by atoms with Crippen LogP contribution in [0.1, 0.15) is 11.1 Å². The van der Waals surface area contributed by atoms with E-state index < -0.39 is 0 Å². The Balaban J connectivity index is 2.09. The van der Waals surface area contributed by atoms with E-state index in [1.165, 1.54) is 0 Å². The van der Waals surface area contributed by atoms with Crippen molar-refractivity contribution in [2.24, 2.45) is 0 Å². The highest BCUT2D eigenvalue weighted by molar-refractivity contribution is 9.10. The summed E-state index contributed by atoms with van der Waals surface area (Å²) >= 11 is 3.54. The average molecular weight is 336 g/mol. The maximum Gasteiger partial charge on any atom is 0.138 e. The van der Waals surface area contributed by atoms with Gasteiger partial charge < -0.3 is 14.8 Å². The number of hydrogen-bond donors (Lipinski definition) is 1. The molecule has 2 aromatic rings. The summed E-state index contributed by atoms with van der Waals surface area (Å²) in [6.45, 7) is 1.31. The predicted molar refractivity (Wildman–Crippen MR) is 84.2 cm³/mol. The lowest BCUT2D eigenvalue weighted by Gasteiger charge is -2.13. The van der Waals surface area contributed by atoms with E-state index in [1.54, 1.807) is 7.11 Å². The van der Waals surface area contributed by atoms with Gasteiger partial charge in [0.2, 0.25) is 0 Å². The normalized spacial score (nSPS) is 10.3. The number of ether oxygens (including phenoxy) is 2. The van der Waals surface area contributed by atoms with Crippen LogP contribution in [0, 0.1) is 0 Å². The number of nitrogens with one attached hydrogen (secondary N) is 1. The maximum absolute atomic E-state index is 5.95. The first-order valence-corrected chi connectivity index (χ1v) is 7.21. The van der Waals surface area contributed by atoms with Gasteiger partial charge >= 0.3 is 0 Å². The Morgan fingerprint density at radius 3 is 2.50 bits per heavy atom. The van der Waals surface area contributed by atoms with E-state index in [-0.39, 0.29) is 0 Å². The molecule has 0 fully saturated rings. The Morgan fingerprint density at radius 2 is 1.85 bits per heavy atom. The summed E-state index contributed by atoms with van der Waals surface area (Å²) in [5.41, 5.74) is 2.24. The number of para-hydroxylation sites is 1. The van der Waals surface area contributed by atoms with Crippen molar-refractivity contribution in [1.82, 2.24) is 5.32 Å². The molecule has 0 bridgehead atoms. The van der Waals surface area contributed by atoms with Gasteiger partial charge in [-0.2, -0.15) is 0 Å². The molecule has 0 saturated heterocycles. The van der Waals surface area contributed by atoms with Crippen LogP contribution in [0.15, 0.2) is 46.9 Å². The molecule has 106 valence electrons. The van der Waals surface area contributed by atoms with E-state index in [9.17, 15) is 0 Å². The van der Waals surface area contributed by atoms with Crippen molar-refractivity contribution in [2.45, 2.75) is 13.2 Å². The largest absolute Gasteiger partial charge is 0.497 e. The predicted octanol–water partition coefficient (Wildman–Crippen LogP) is 3.76. The van der Waals surface area contributed by atoms with Gasteiger partial charge in [0.1, 0.15) is 18.1 Å². The summed E-state index contributed by atoms with van der Waals surface area (Å²) in [5.74, 6) is 1.74. The van der Waals surface area contributed by atoms with E-state index in [0.717, 1.165) is 33.6 Å². The van der Waals surface area contributed by atoms with Crippen molar-refractivity contribution in [3.05, 3.63) is 58.1 Å². The van der Waals surface area contributed by atoms with Gasteiger partial charge in [-0.3, -0.25) is 0 Å². The summed E-state index contributed by atoms with van der Waals surface area (Å²) in [6.07, 6.45) is 0. The number of hydrogen-bond acceptors (Lipinski definition) is 3. The van der Waals surface area contributed by atoms with Crippen LogP contribution in [-0.4, -0.2) is 14.2 Å². The second-order valence-corrected chi connectivity index (χ2v) is 5.25. The zero-order valence-corrected chi connectivity index (χ0v) is 13.2. The van der Waals surface area contributed by atoms with E-state index in [1.807, 2.05) is 43.4 Å². The van der Waals surface area contributed by atoms with Gasteiger partial charge in [-0.25, -0.2) is 0 Å². The highest BCUT2D eigenvalue weighted by Crippen LogP contribution is 2.30. The lowest BCUT2D eigenvalue weighted by atomic mass is 10.2. The Kier molecular flexibility index (Phi) is 5.44. The second-order valence-electron chi connectivity index (χ2n) is 4.40. The first-order valence-electron chi connectivity index (χ1n) is 6.42. The van der Waals surface area contributed by atoms with Crippen molar-refractivity contribution in [3.63, 3.8) is 0 Å². The smallest absolute Gasteiger partial charge is 0.138 e. The van der Waals surface area contributed by atoms with E-state index >= 15 is 0 Å². The fourth-order valence-electron chi connectivity index (χ4n) is 1.92. The number of halogens is 1. The zero-order chi connectivity index (χ0) is 14.4. The Hall–Kier alpha value is -1.52. The molecule has 0 aliphatic rings. The minimum atomic E-state index is 0.531. The molecule has 0 heterocycles. The van der Waals surface area contributed by atoms with Crippen molar-refractivity contribution >= 4 is 15.9 Å².